The fourth-order valence-corrected chi connectivity index (χ4v) is 7.37. The van der Waals surface area contributed by atoms with Crippen molar-refractivity contribution in [1.29, 1.82) is 0 Å². The van der Waals surface area contributed by atoms with Gasteiger partial charge in [0.1, 0.15) is 0 Å². The van der Waals surface area contributed by atoms with Gasteiger partial charge in [-0.1, -0.05) is 40.7 Å². The van der Waals surface area contributed by atoms with Crippen LogP contribution in [0.3, 0.4) is 0 Å². The molecule has 0 aromatic carbocycles. The minimum atomic E-state index is -1.04. The SMILES string of the molecule is C=C(CC(=O)O)C(=O)OC[C@@]1(C)CCC[C@@]2(C)C3CCC(C(C)C)CC3CCC12. The molecule has 3 fully saturated rings. The summed E-state index contributed by atoms with van der Waals surface area (Å²) in [6, 6.07) is 0. The summed E-state index contributed by atoms with van der Waals surface area (Å²) in [5.41, 5.74) is 0.351. The van der Waals surface area contributed by atoms with E-state index in [1.54, 1.807) is 0 Å². The highest BCUT2D eigenvalue weighted by molar-refractivity contribution is 5.92. The topological polar surface area (TPSA) is 63.6 Å². The van der Waals surface area contributed by atoms with E-state index in [0.29, 0.717) is 17.9 Å². The lowest BCUT2D eigenvalue weighted by Crippen LogP contribution is -2.55. The highest BCUT2D eigenvalue weighted by Crippen LogP contribution is 2.64. The maximum Gasteiger partial charge on any atom is 0.334 e. The van der Waals surface area contributed by atoms with Crippen molar-refractivity contribution in [2.24, 2.45) is 40.4 Å². The second-order valence-corrected chi connectivity index (χ2v) is 11.1. The fraction of sp³-hybridized carbons (Fsp3) is 0.840. The van der Waals surface area contributed by atoms with Crippen molar-refractivity contribution in [2.75, 3.05) is 6.61 Å². The van der Waals surface area contributed by atoms with Gasteiger partial charge in [-0.3, -0.25) is 4.79 Å². The first-order valence-corrected chi connectivity index (χ1v) is 11.6. The van der Waals surface area contributed by atoms with E-state index in [1.807, 2.05) is 0 Å². The molecule has 0 aromatic rings. The molecule has 164 valence electrons. The summed E-state index contributed by atoms with van der Waals surface area (Å²) in [5, 5.41) is 8.88. The standard InChI is InChI=1S/C25H40O4/c1-16(2)18-7-9-20-19(14-18)8-10-21-24(4,11-6-12-25(20,21)5)15-29-23(28)17(3)13-22(26)27/h16,18-21H,3,6-15H2,1-2,4-5H3,(H,26,27)/t18?,19?,20?,21?,24-,25+/m1/s1. The van der Waals surface area contributed by atoms with E-state index < -0.39 is 11.9 Å². The Morgan fingerprint density at radius 3 is 2.52 bits per heavy atom. The Kier molecular flexibility index (Phi) is 6.50. The zero-order chi connectivity index (χ0) is 21.4. The first-order chi connectivity index (χ1) is 13.6. The van der Waals surface area contributed by atoms with Crippen LogP contribution in [0.5, 0.6) is 0 Å². The Hall–Kier alpha value is -1.32. The molecule has 0 aromatic heterocycles. The largest absolute Gasteiger partial charge is 0.481 e. The van der Waals surface area contributed by atoms with Crippen LogP contribution in [0, 0.1) is 40.4 Å². The third-order valence-corrected chi connectivity index (χ3v) is 8.93. The van der Waals surface area contributed by atoms with Gasteiger partial charge < -0.3 is 9.84 Å². The van der Waals surface area contributed by atoms with E-state index in [2.05, 4.69) is 34.3 Å². The second-order valence-electron chi connectivity index (χ2n) is 11.1. The van der Waals surface area contributed by atoms with Crippen LogP contribution in [0.25, 0.3) is 0 Å². The maximum absolute atomic E-state index is 12.2. The molecule has 3 aliphatic rings. The third-order valence-electron chi connectivity index (χ3n) is 8.93. The molecule has 4 heteroatoms. The smallest absolute Gasteiger partial charge is 0.334 e. The number of aliphatic carboxylic acids is 1. The van der Waals surface area contributed by atoms with Gasteiger partial charge in [0.05, 0.1) is 13.0 Å². The number of carbonyl (C=O) groups is 2. The molecule has 0 saturated heterocycles. The molecule has 0 amide bonds. The lowest BCUT2D eigenvalue weighted by molar-refractivity contribution is -0.161. The zero-order valence-electron chi connectivity index (χ0n) is 18.8. The van der Waals surface area contributed by atoms with E-state index >= 15 is 0 Å². The summed E-state index contributed by atoms with van der Waals surface area (Å²) < 4.78 is 5.62. The average Bonchev–Trinajstić information content (AvgIpc) is 2.65. The molecule has 3 rings (SSSR count). The van der Waals surface area contributed by atoms with E-state index in [-0.39, 0.29) is 17.4 Å². The monoisotopic (exact) mass is 404 g/mol. The minimum absolute atomic E-state index is 0.0218. The molecule has 0 heterocycles. The van der Waals surface area contributed by atoms with Crippen LogP contribution in [-0.2, 0) is 14.3 Å². The number of esters is 1. The highest BCUT2D eigenvalue weighted by Gasteiger charge is 2.57. The molecule has 6 atom stereocenters. The molecular formula is C25H40O4. The predicted octanol–water partition coefficient (Wildman–Crippen LogP) is 5.86. The normalized spacial score (nSPS) is 39.3. The van der Waals surface area contributed by atoms with Crippen LogP contribution in [0.1, 0.15) is 85.5 Å². The summed E-state index contributed by atoms with van der Waals surface area (Å²) in [4.78, 5) is 23.1. The molecule has 4 unspecified atom stereocenters. The highest BCUT2D eigenvalue weighted by atomic mass is 16.5. The molecule has 3 aliphatic carbocycles. The Balaban J connectivity index is 1.69. The van der Waals surface area contributed by atoms with E-state index in [0.717, 1.165) is 30.1 Å². The summed E-state index contributed by atoms with van der Waals surface area (Å²) in [7, 11) is 0. The van der Waals surface area contributed by atoms with Gasteiger partial charge >= 0.3 is 11.9 Å². The summed E-state index contributed by atoms with van der Waals surface area (Å²) >= 11 is 0. The predicted molar refractivity (Wildman–Crippen MR) is 114 cm³/mol. The third kappa shape index (κ3) is 4.41. The number of hydrogen-bond donors (Lipinski definition) is 1. The lowest BCUT2D eigenvalue weighted by Gasteiger charge is -2.61. The zero-order valence-corrected chi connectivity index (χ0v) is 18.8. The Morgan fingerprint density at radius 2 is 1.86 bits per heavy atom. The summed E-state index contributed by atoms with van der Waals surface area (Å²) in [6.45, 7) is 13.6. The van der Waals surface area contributed by atoms with Gasteiger partial charge in [0.2, 0.25) is 0 Å². The van der Waals surface area contributed by atoms with Gasteiger partial charge in [0.15, 0.2) is 0 Å². The van der Waals surface area contributed by atoms with Gasteiger partial charge in [-0.25, -0.2) is 4.79 Å². The van der Waals surface area contributed by atoms with Gasteiger partial charge in [-0.2, -0.15) is 0 Å². The van der Waals surface area contributed by atoms with Crippen LogP contribution >= 0.6 is 0 Å². The number of fused-ring (bicyclic) bond motifs is 3. The average molecular weight is 405 g/mol. The van der Waals surface area contributed by atoms with Gasteiger partial charge in [0.25, 0.3) is 0 Å². The number of carboxylic acids is 1. The number of rotatable bonds is 6. The van der Waals surface area contributed by atoms with Gasteiger partial charge in [-0.05, 0) is 80.0 Å². The summed E-state index contributed by atoms with van der Waals surface area (Å²) in [5.74, 6) is 2.31. The van der Waals surface area contributed by atoms with E-state index in [1.165, 1.54) is 44.9 Å². The molecule has 0 radical (unpaired) electrons. The van der Waals surface area contributed by atoms with Crippen molar-refractivity contribution in [1.82, 2.24) is 0 Å². The molecule has 3 saturated carbocycles. The Morgan fingerprint density at radius 1 is 1.14 bits per heavy atom. The summed E-state index contributed by atoms with van der Waals surface area (Å²) in [6.07, 6.45) is 9.86. The second kappa shape index (κ2) is 8.43. The number of hydrogen-bond acceptors (Lipinski definition) is 3. The fourth-order valence-electron chi connectivity index (χ4n) is 7.37. The molecule has 0 aliphatic heterocycles. The molecule has 0 bridgehead atoms. The van der Waals surface area contributed by atoms with Crippen molar-refractivity contribution < 1.29 is 19.4 Å². The van der Waals surface area contributed by atoms with Gasteiger partial charge in [-0.15, -0.1) is 0 Å². The number of ether oxygens (including phenoxy) is 1. The first-order valence-electron chi connectivity index (χ1n) is 11.6. The molecule has 4 nitrogen and oxygen atoms in total. The number of carboxylic acid groups (broad SMARTS) is 1. The van der Waals surface area contributed by atoms with Gasteiger partial charge in [0, 0.05) is 11.0 Å². The maximum atomic E-state index is 12.2. The van der Waals surface area contributed by atoms with Crippen molar-refractivity contribution >= 4 is 11.9 Å². The molecular weight excluding hydrogens is 364 g/mol. The van der Waals surface area contributed by atoms with E-state index in [9.17, 15) is 9.59 Å². The van der Waals surface area contributed by atoms with Crippen LogP contribution in [0.15, 0.2) is 12.2 Å². The van der Waals surface area contributed by atoms with Crippen molar-refractivity contribution in [2.45, 2.75) is 85.5 Å². The van der Waals surface area contributed by atoms with Crippen LogP contribution < -0.4 is 0 Å². The Labute approximate surface area is 176 Å². The lowest BCUT2D eigenvalue weighted by atomic mass is 9.44. The van der Waals surface area contributed by atoms with Crippen molar-refractivity contribution in [3.63, 3.8) is 0 Å². The van der Waals surface area contributed by atoms with Crippen LogP contribution in [0.2, 0.25) is 0 Å². The van der Waals surface area contributed by atoms with E-state index in [4.69, 9.17) is 9.84 Å². The van der Waals surface area contributed by atoms with Crippen LogP contribution in [0.4, 0.5) is 0 Å². The van der Waals surface area contributed by atoms with Crippen LogP contribution in [-0.4, -0.2) is 23.7 Å². The molecule has 29 heavy (non-hydrogen) atoms. The quantitative estimate of drug-likeness (QED) is 0.445. The molecule has 0 spiro atoms. The number of carbonyl (C=O) groups excluding carboxylic acids is 1. The molecule has 1 N–H and O–H groups in total. The van der Waals surface area contributed by atoms with Crippen molar-refractivity contribution in [3.8, 4) is 0 Å². The first kappa shape index (κ1) is 22.4. The Bertz CT molecular complexity index is 653. The van der Waals surface area contributed by atoms with Crippen molar-refractivity contribution in [3.05, 3.63) is 12.2 Å². The minimum Gasteiger partial charge on any atom is -0.481 e.